The molecule has 39 heavy (non-hydrogen) atoms. The van der Waals surface area contributed by atoms with Crippen molar-refractivity contribution >= 4 is 40.7 Å². The Hall–Kier alpha value is -2.48. The highest BCUT2D eigenvalue weighted by molar-refractivity contribution is 6.37. The van der Waals surface area contributed by atoms with Crippen LogP contribution >= 0.6 is 34.8 Å². The Balaban J connectivity index is 1.51. The number of methoxy groups -OCH3 is 1. The highest BCUT2D eigenvalue weighted by atomic mass is 35.5. The third-order valence-electron chi connectivity index (χ3n) is 6.27. The number of rotatable bonds is 14. The lowest BCUT2D eigenvalue weighted by Crippen LogP contribution is -2.37. The van der Waals surface area contributed by atoms with Crippen LogP contribution in [0.2, 0.25) is 15.1 Å². The molecule has 1 amide bonds. The Morgan fingerprint density at radius 3 is 2.18 bits per heavy atom. The van der Waals surface area contributed by atoms with Crippen LogP contribution in [0.4, 0.5) is 0 Å². The molecule has 0 saturated carbocycles. The van der Waals surface area contributed by atoms with Crippen LogP contribution in [0, 0.1) is 12.8 Å². The molecule has 0 heterocycles. The molecule has 6 nitrogen and oxygen atoms in total. The molecule has 0 spiro atoms. The zero-order valence-corrected chi connectivity index (χ0v) is 24.8. The zero-order chi connectivity index (χ0) is 28.4. The van der Waals surface area contributed by atoms with Gasteiger partial charge in [-0.1, -0.05) is 59.1 Å². The van der Waals surface area contributed by atoms with Crippen molar-refractivity contribution in [3.63, 3.8) is 0 Å². The minimum atomic E-state index is -0.352. The molecule has 210 valence electrons. The van der Waals surface area contributed by atoms with Gasteiger partial charge in [-0.15, -0.1) is 0 Å². The van der Waals surface area contributed by atoms with Gasteiger partial charge in [0.05, 0.1) is 22.6 Å². The summed E-state index contributed by atoms with van der Waals surface area (Å²) < 4.78 is 16.6. The van der Waals surface area contributed by atoms with E-state index in [0.29, 0.717) is 59.4 Å². The summed E-state index contributed by atoms with van der Waals surface area (Å²) in [5.41, 5.74) is 9.98. The quantitative estimate of drug-likeness (QED) is 0.220. The molecule has 9 heteroatoms. The number of benzene rings is 3. The van der Waals surface area contributed by atoms with Crippen molar-refractivity contribution < 1.29 is 19.0 Å². The van der Waals surface area contributed by atoms with Gasteiger partial charge in [0.1, 0.15) is 19.0 Å². The van der Waals surface area contributed by atoms with Crippen molar-refractivity contribution in [2.45, 2.75) is 26.3 Å². The largest absolute Gasteiger partial charge is 0.490 e. The van der Waals surface area contributed by atoms with Gasteiger partial charge in [0, 0.05) is 32.3 Å². The maximum atomic E-state index is 13.2. The molecule has 1 atom stereocenters. The normalized spacial score (nSPS) is 11.8. The number of hydrogen-bond acceptors (Lipinski definition) is 5. The monoisotopic (exact) mass is 592 g/mol. The molecule has 0 radical (unpaired) electrons. The van der Waals surface area contributed by atoms with E-state index in [-0.39, 0.29) is 18.4 Å². The number of aryl methyl sites for hydroxylation is 1. The molecule has 0 unspecified atom stereocenters. The van der Waals surface area contributed by atoms with Crippen molar-refractivity contribution in [3.8, 4) is 11.5 Å². The molecule has 3 aromatic carbocycles. The standard InChI is InChI=1S/C30H35Cl3N2O4/c1-20-14-27(32)29(28(33)15-20)39-13-12-38-25-7-4-21(5-8-25)16-23(18-34)30(36)35(2)19-24-17-22(10-11-37-3)6-9-26(24)31/h4-9,14-15,17,23H,10-13,16,18-19,34H2,1-3H3/t23-/m1/s1. The number of carbonyl (C=O) groups excluding carboxylic acids is 1. The van der Waals surface area contributed by atoms with Crippen molar-refractivity contribution in [1.82, 2.24) is 4.90 Å². The summed E-state index contributed by atoms with van der Waals surface area (Å²) in [6.45, 7) is 3.80. The van der Waals surface area contributed by atoms with Crippen LogP contribution < -0.4 is 15.2 Å². The highest BCUT2D eigenvalue weighted by Gasteiger charge is 2.22. The SMILES string of the molecule is COCCc1ccc(Cl)c(CN(C)C(=O)[C@@H](CN)Cc2ccc(OCCOc3c(Cl)cc(C)cc3Cl)cc2)c1. The molecule has 0 saturated heterocycles. The van der Waals surface area contributed by atoms with Gasteiger partial charge in [-0.05, 0) is 72.4 Å². The molecular formula is C30H35Cl3N2O4. The van der Waals surface area contributed by atoms with Gasteiger partial charge < -0.3 is 24.8 Å². The minimum absolute atomic E-state index is 0.0261. The van der Waals surface area contributed by atoms with Gasteiger partial charge in [-0.3, -0.25) is 4.79 Å². The Labute approximate surface area is 245 Å². The molecule has 0 aliphatic rings. The first-order valence-corrected chi connectivity index (χ1v) is 13.9. The topological polar surface area (TPSA) is 74.0 Å². The molecule has 0 aliphatic carbocycles. The van der Waals surface area contributed by atoms with Crippen LogP contribution in [0.15, 0.2) is 54.6 Å². The number of ether oxygens (including phenoxy) is 3. The maximum Gasteiger partial charge on any atom is 0.227 e. The summed E-state index contributed by atoms with van der Waals surface area (Å²) in [6, 6.07) is 17.1. The Morgan fingerprint density at radius 1 is 0.897 bits per heavy atom. The first-order valence-electron chi connectivity index (χ1n) is 12.7. The minimum Gasteiger partial charge on any atom is -0.490 e. The van der Waals surface area contributed by atoms with Crippen molar-refractivity contribution in [3.05, 3.63) is 91.9 Å². The number of carbonyl (C=O) groups is 1. The van der Waals surface area contributed by atoms with E-state index in [1.165, 1.54) is 0 Å². The lowest BCUT2D eigenvalue weighted by Gasteiger charge is -2.24. The fourth-order valence-electron chi connectivity index (χ4n) is 4.18. The molecule has 0 bridgehead atoms. The Kier molecular flexibility index (Phi) is 12.2. The van der Waals surface area contributed by atoms with E-state index in [1.54, 1.807) is 31.2 Å². The number of halogens is 3. The fourth-order valence-corrected chi connectivity index (χ4v) is 5.06. The van der Waals surface area contributed by atoms with Crippen molar-refractivity contribution in [2.24, 2.45) is 11.7 Å². The number of nitrogens with two attached hydrogens (primary N) is 1. The van der Waals surface area contributed by atoms with Gasteiger partial charge in [-0.25, -0.2) is 0 Å². The van der Waals surface area contributed by atoms with E-state index in [4.69, 9.17) is 54.7 Å². The Bertz CT molecular complexity index is 1210. The summed E-state index contributed by atoms with van der Waals surface area (Å²) >= 11 is 18.8. The summed E-state index contributed by atoms with van der Waals surface area (Å²) in [7, 11) is 3.45. The molecule has 0 aromatic heterocycles. The van der Waals surface area contributed by atoms with Crippen LogP contribution in [0.25, 0.3) is 0 Å². The van der Waals surface area contributed by atoms with E-state index < -0.39 is 0 Å². The third-order valence-corrected chi connectivity index (χ3v) is 7.20. The van der Waals surface area contributed by atoms with Crippen LogP contribution in [0.1, 0.15) is 22.3 Å². The van der Waals surface area contributed by atoms with Crippen molar-refractivity contribution in [1.29, 1.82) is 0 Å². The van der Waals surface area contributed by atoms with Gasteiger partial charge >= 0.3 is 0 Å². The molecule has 3 rings (SSSR count). The van der Waals surface area contributed by atoms with Crippen LogP contribution in [-0.2, 0) is 28.9 Å². The zero-order valence-electron chi connectivity index (χ0n) is 22.5. The second-order valence-corrected chi connectivity index (χ2v) is 10.6. The molecule has 0 aliphatic heterocycles. The van der Waals surface area contributed by atoms with Crippen LogP contribution in [-0.4, -0.2) is 51.3 Å². The fraction of sp³-hybridized carbons (Fsp3) is 0.367. The van der Waals surface area contributed by atoms with E-state index in [2.05, 4.69) is 0 Å². The predicted molar refractivity (Wildman–Crippen MR) is 158 cm³/mol. The summed E-state index contributed by atoms with van der Waals surface area (Å²) in [4.78, 5) is 14.9. The predicted octanol–water partition coefficient (Wildman–Crippen LogP) is 6.38. The number of nitrogens with zero attached hydrogens (tertiary/aromatic N) is 1. The average molecular weight is 594 g/mol. The second kappa shape index (κ2) is 15.3. The average Bonchev–Trinajstić information content (AvgIpc) is 2.91. The first-order chi connectivity index (χ1) is 18.7. The van der Waals surface area contributed by atoms with Gasteiger partial charge in [0.2, 0.25) is 5.91 Å². The molecule has 2 N–H and O–H groups in total. The van der Waals surface area contributed by atoms with Crippen molar-refractivity contribution in [2.75, 3.05) is 40.5 Å². The van der Waals surface area contributed by atoms with E-state index >= 15 is 0 Å². The maximum absolute atomic E-state index is 13.2. The second-order valence-electron chi connectivity index (χ2n) is 9.40. The number of amides is 1. The summed E-state index contributed by atoms with van der Waals surface area (Å²) in [5.74, 6) is 0.766. The Morgan fingerprint density at radius 2 is 1.54 bits per heavy atom. The molecule has 3 aromatic rings. The van der Waals surface area contributed by atoms with Gasteiger partial charge in [0.15, 0.2) is 5.75 Å². The van der Waals surface area contributed by atoms with Crippen LogP contribution in [0.3, 0.4) is 0 Å². The van der Waals surface area contributed by atoms with Crippen LogP contribution in [0.5, 0.6) is 11.5 Å². The van der Waals surface area contributed by atoms with Gasteiger partial charge in [-0.2, -0.15) is 0 Å². The van der Waals surface area contributed by atoms with E-state index in [9.17, 15) is 4.79 Å². The van der Waals surface area contributed by atoms with E-state index in [1.807, 2.05) is 49.4 Å². The number of hydrogen-bond donors (Lipinski definition) is 1. The lowest BCUT2D eigenvalue weighted by atomic mass is 9.97. The smallest absolute Gasteiger partial charge is 0.227 e. The first kappa shape index (κ1) is 31.1. The van der Waals surface area contributed by atoms with E-state index in [0.717, 1.165) is 28.7 Å². The molecular weight excluding hydrogens is 559 g/mol. The third kappa shape index (κ3) is 9.30. The summed E-state index contributed by atoms with van der Waals surface area (Å²) in [5, 5.41) is 1.57. The van der Waals surface area contributed by atoms with Gasteiger partial charge in [0.25, 0.3) is 0 Å². The summed E-state index contributed by atoms with van der Waals surface area (Å²) in [6.07, 6.45) is 1.31. The highest BCUT2D eigenvalue weighted by Crippen LogP contribution is 2.34. The molecule has 0 fully saturated rings. The lowest BCUT2D eigenvalue weighted by molar-refractivity contribution is -0.134.